The number of nitrogens with zero attached hydrogens (tertiary/aromatic N) is 3. The second kappa shape index (κ2) is 12.0. The Kier molecular flexibility index (Phi) is 8.07. The highest BCUT2D eigenvalue weighted by Crippen LogP contribution is 2.45. The van der Waals surface area contributed by atoms with E-state index in [1.807, 2.05) is 84.0 Å². The highest BCUT2D eigenvalue weighted by atomic mass is 32.2. The molecular formula is C30H28N4O4S. The summed E-state index contributed by atoms with van der Waals surface area (Å²) in [6.45, 7) is 4.21. The lowest BCUT2D eigenvalue weighted by Crippen LogP contribution is -2.38. The SMILES string of the molecule is CCOC(=O)C1=C(C)N=C2SC=C(CC(=O)NCc3cccnc3)N2C1c1cccc(Oc2ccccc2)c1. The van der Waals surface area contributed by atoms with Crippen molar-refractivity contribution >= 4 is 28.8 Å². The second-order valence-electron chi connectivity index (χ2n) is 8.92. The largest absolute Gasteiger partial charge is 0.463 e. The van der Waals surface area contributed by atoms with Gasteiger partial charge in [-0.15, -0.1) is 0 Å². The van der Waals surface area contributed by atoms with Crippen LogP contribution in [-0.4, -0.2) is 33.5 Å². The monoisotopic (exact) mass is 540 g/mol. The third-order valence-corrected chi connectivity index (χ3v) is 7.09. The van der Waals surface area contributed by atoms with E-state index in [1.54, 1.807) is 19.3 Å². The van der Waals surface area contributed by atoms with E-state index >= 15 is 0 Å². The van der Waals surface area contributed by atoms with Crippen LogP contribution >= 0.6 is 11.8 Å². The van der Waals surface area contributed by atoms with Crippen LogP contribution in [0.4, 0.5) is 0 Å². The van der Waals surface area contributed by atoms with E-state index < -0.39 is 12.0 Å². The Morgan fingerprint density at radius 2 is 1.87 bits per heavy atom. The first-order valence-electron chi connectivity index (χ1n) is 12.6. The third kappa shape index (κ3) is 6.04. The Bertz CT molecular complexity index is 1450. The smallest absolute Gasteiger partial charge is 0.338 e. The first kappa shape index (κ1) is 26.2. The second-order valence-corrected chi connectivity index (χ2v) is 9.75. The van der Waals surface area contributed by atoms with Crippen molar-refractivity contribution in [1.29, 1.82) is 0 Å². The van der Waals surface area contributed by atoms with Gasteiger partial charge in [0.2, 0.25) is 5.91 Å². The normalized spacial score (nSPS) is 16.3. The molecule has 0 radical (unpaired) electrons. The number of carbonyl (C=O) groups is 2. The summed E-state index contributed by atoms with van der Waals surface area (Å²) < 4.78 is 11.5. The number of thioether (sulfide) groups is 1. The topological polar surface area (TPSA) is 93.1 Å². The van der Waals surface area contributed by atoms with Crippen molar-refractivity contribution in [2.75, 3.05) is 6.61 Å². The van der Waals surface area contributed by atoms with Crippen LogP contribution in [0.5, 0.6) is 11.5 Å². The molecule has 9 heteroatoms. The number of aromatic nitrogens is 1. The van der Waals surface area contributed by atoms with E-state index in [0.717, 1.165) is 16.8 Å². The van der Waals surface area contributed by atoms with E-state index in [2.05, 4.69) is 10.3 Å². The first-order chi connectivity index (χ1) is 19.0. The van der Waals surface area contributed by atoms with Gasteiger partial charge in [0.05, 0.1) is 30.3 Å². The molecule has 0 spiro atoms. The Labute approximate surface area is 231 Å². The lowest BCUT2D eigenvalue weighted by atomic mass is 9.93. The fourth-order valence-electron chi connectivity index (χ4n) is 4.46. The number of fused-ring (bicyclic) bond motifs is 1. The zero-order valence-corrected chi connectivity index (χ0v) is 22.5. The van der Waals surface area contributed by atoms with Crippen LogP contribution in [0.25, 0.3) is 0 Å². The predicted molar refractivity (Wildman–Crippen MR) is 151 cm³/mol. The van der Waals surface area contributed by atoms with Crippen LogP contribution in [0.1, 0.15) is 37.4 Å². The van der Waals surface area contributed by atoms with E-state index in [4.69, 9.17) is 14.5 Å². The number of amides is 1. The van der Waals surface area contributed by atoms with Crippen molar-refractivity contribution in [3.8, 4) is 11.5 Å². The maximum Gasteiger partial charge on any atom is 0.338 e. The summed E-state index contributed by atoms with van der Waals surface area (Å²) in [5, 5.41) is 5.58. The summed E-state index contributed by atoms with van der Waals surface area (Å²) in [6.07, 6.45) is 3.54. The van der Waals surface area contributed by atoms with Crippen LogP contribution in [0, 0.1) is 0 Å². The predicted octanol–water partition coefficient (Wildman–Crippen LogP) is 5.72. The van der Waals surface area contributed by atoms with Gasteiger partial charge >= 0.3 is 5.97 Å². The zero-order chi connectivity index (χ0) is 27.2. The summed E-state index contributed by atoms with van der Waals surface area (Å²) in [5.41, 5.74) is 3.50. The summed E-state index contributed by atoms with van der Waals surface area (Å²) >= 11 is 1.43. The van der Waals surface area contributed by atoms with Crippen molar-refractivity contribution in [2.45, 2.75) is 32.9 Å². The van der Waals surface area contributed by atoms with Gasteiger partial charge in [-0.2, -0.15) is 0 Å². The lowest BCUT2D eigenvalue weighted by Gasteiger charge is -2.36. The molecular weight excluding hydrogens is 512 g/mol. The van der Waals surface area contributed by atoms with Crippen LogP contribution in [0.2, 0.25) is 0 Å². The summed E-state index contributed by atoms with van der Waals surface area (Å²) in [5.74, 6) is 0.765. The zero-order valence-electron chi connectivity index (χ0n) is 21.7. The summed E-state index contributed by atoms with van der Waals surface area (Å²) in [4.78, 5) is 36.9. The molecule has 3 heterocycles. The number of nitrogens with one attached hydrogen (secondary N) is 1. The Balaban J connectivity index is 1.44. The van der Waals surface area contributed by atoms with Gasteiger partial charge < -0.3 is 19.7 Å². The fraction of sp³-hybridized carbons (Fsp3) is 0.200. The van der Waals surface area contributed by atoms with Crippen molar-refractivity contribution in [3.63, 3.8) is 0 Å². The van der Waals surface area contributed by atoms with Crippen molar-refractivity contribution in [1.82, 2.24) is 15.2 Å². The number of esters is 1. The molecule has 0 fully saturated rings. The number of carbonyl (C=O) groups excluding carboxylic acids is 2. The lowest BCUT2D eigenvalue weighted by molar-refractivity contribution is -0.139. The number of hydrogen-bond acceptors (Lipinski definition) is 8. The molecule has 1 aromatic heterocycles. The summed E-state index contributed by atoms with van der Waals surface area (Å²) in [7, 11) is 0. The molecule has 1 amide bonds. The minimum atomic E-state index is -0.539. The number of para-hydroxylation sites is 1. The number of allylic oxidation sites excluding steroid dienone is 1. The molecule has 2 aromatic carbocycles. The molecule has 0 saturated carbocycles. The molecule has 2 aliphatic heterocycles. The fourth-order valence-corrected chi connectivity index (χ4v) is 5.42. The van der Waals surface area contributed by atoms with Crippen molar-refractivity contribution < 1.29 is 19.1 Å². The quantitative estimate of drug-likeness (QED) is 0.347. The number of aliphatic imine (C=N–C) groups is 1. The molecule has 8 nitrogen and oxygen atoms in total. The van der Waals surface area contributed by atoms with Gasteiger partial charge in [0.25, 0.3) is 0 Å². The summed E-state index contributed by atoms with van der Waals surface area (Å²) in [6, 6.07) is 20.3. The van der Waals surface area contributed by atoms with Crippen LogP contribution in [0.3, 0.4) is 0 Å². The number of pyridine rings is 1. The number of ether oxygens (including phenoxy) is 2. The first-order valence-corrected chi connectivity index (χ1v) is 13.5. The average Bonchev–Trinajstić information content (AvgIpc) is 3.34. The van der Waals surface area contributed by atoms with Gasteiger partial charge in [0.15, 0.2) is 5.17 Å². The van der Waals surface area contributed by atoms with Gasteiger partial charge in [-0.3, -0.25) is 9.78 Å². The Hall–Kier alpha value is -4.37. The Morgan fingerprint density at radius 1 is 1.05 bits per heavy atom. The van der Waals surface area contributed by atoms with Gasteiger partial charge in [-0.25, -0.2) is 9.79 Å². The molecule has 5 rings (SSSR count). The minimum absolute atomic E-state index is 0.123. The molecule has 0 aliphatic carbocycles. The molecule has 1 atom stereocenters. The molecule has 198 valence electrons. The standard InChI is InChI=1S/C30H28N4O4S/c1-3-37-29(36)27-20(2)33-30-34(23(19-39-30)16-26(35)32-18-21-9-8-14-31-17-21)28(27)22-10-7-13-25(15-22)38-24-11-5-4-6-12-24/h4-15,17,19,28H,3,16,18H2,1-2H3,(H,32,35). The third-order valence-electron chi connectivity index (χ3n) is 6.20. The molecule has 2 aliphatic rings. The molecule has 39 heavy (non-hydrogen) atoms. The maximum atomic E-state index is 13.2. The van der Waals surface area contributed by atoms with Crippen molar-refractivity contribution in [3.05, 3.63) is 113 Å². The number of amidine groups is 1. The molecule has 0 bridgehead atoms. The number of hydrogen-bond donors (Lipinski definition) is 1. The molecule has 1 unspecified atom stereocenters. The molecule has 0 saturated heterocycles. The molecule has 1 N–H and O–H groups in total. The van der Waals surface area contributed by atoms with E-state index in [1.165, 1.54) is 11.8 Å². The minimum Gasteiger partial charge on any atom is -0.463 e. The number of benzene rings is 2. The van der Waals surface area contributed by atoms with Crippen LogP contribution < -0.4 is 10.1 Å². The van der Waals surface area contributed by atoms with E-state index in [-0.39, 0.29) is 18.9 Å². The highest BCUT2D eigenvalue weighted by Gasteiger charge is 2.41. The molecule has 3 aromatic rings. The average molecular weight is 541 g/mol. The highest BCUT2D eigenvalue weighted by molar-refractivity contribution is 8.16. The van der Waals surface area contributed by atoms with E-state index in [0.29, 0.717) is 34.5 Å². The van der Waals surface area contributed by atoms with Gasteiger partial charge in [0.1, 0.15) is 11.5 Å². The van der Waals surface area contributed by atoms with Gasteiger partial charge in [0, 0.05) is 24.6 Å². The Morgan fingerprint density at radius 3 is 2.64 bits per heavy atom. The van der Waals surface area contributed by atoms with Gasteiger partial charge in [-0.05, 0) is 60.7 Å². The maximum absolute atomic E-state index is 13.2. The van der Waals surface area contributed by atoms with Crippen LogP contribution in [0.15, 0.2) is 106 Å². The van der Waals surface area contributed by atoms with Crippen LogP contribution in [-0.2, 0) is 20.9 Å². The van der Waals surface area contributed by atoms with Gasteiger partial charge in [-0.1, -0.05) is 48.2 Å². The number of rotatable bonds is 9. The van der Waals surface area contributed by atoms with Crippen molar-refractivity contribution in [2.24, 2.45) is 4.99 Å². The van der Waals surface area contributed by atoms with E-state index in [9.17, 15) is 9.59 Å².